The van der Waals surface area contributed by atoms with Crippen molar-refractivity contribution in [3.8, 4) is 0 Å². The van der Waals surface area contributed by atoms with Gasteiger partial charge in [-0.1, -0.05) is 23.4 Å². The number of hydrogen-bond acceptors (Lipinski definition) is 6. The Morgan fingerprint density at radius 1 is 1.53 bits per heavy atom. The van der Waals surface area contributed by atoms with Crippen LogP contribution in [0.2, 0.25) is 5.02 Å². The number of anilines is 1. The van der Waals surface area contributed by atoms with Crippen LogP contribution < -0.4 is 5.32 Å². The van der Waals surface area contributed by atoms with Crippen LogP contribution in [0.5, 0.6) is 0 Å². The van der Waals surface area contributed by atoms with Gasteiger partial charge in [-0.3, -0.25) is 4.79 Å². The van der Waals surface area contributed by atoms with E-state index in [1.165, 1.54) is 22.6 Å². The summed E-state index contributed by atoms with van der Waals surface area (Å²) in [5.41, 5.74) is 0. The molecule has 1 atom stereocenters. The smallest absolute Gasteiger partial charge is 0.238 e. The third kappa shape index (κ3) is 3.65. The molecule has 2 aromatic heterocycles. The van der Waals surface area contributed by atoms with Gasteiger partial charge in [-0.25, -0.2) is 9.67 Å². The summed E-state index contributed by atoms with van der Waals surface area (Å²) in [4.78, 5) is 15.9. The number of amides is 1. The maximum atomic E-state index is 12.0. The number of pyridine rings is 1. The second-order valence-corrected chi connectivity index (χ2v) is 5.44. The van der Waals surface area contributed by atoms with Gasteiger partial charge in [-0.05, 0) is 29.5 Å². The Labute approximate surface area is 118 Å². The largest absolute Gasteiger partial charge is 0.310 e. The molecule has 2 aromatic rings. The van der Waals surface area contributed by atoms with Crippen LogP contribution in [0.15, 0.2) is 23.5 Å². The van der Waals surface area contributed by atoms with E-state index in [9.17, 15) is 4.79 Å². The number of nitrogens with zero attached hydrogens (tertiary/aromatic N) is 5. The summed E-state index contributed by atoms with van der Waals surface area (Å²) in [6.45, 7) is 1.77. The van der Waals surface area contributed by atoms with Crippen LogP contribution in [0.1, 0.15) is 6.92 Å². The lowest BCUT2D eigenvalue weighted by Gasteiger charge is -2.10. The fraction of sp³-hybridized carbons (Fsp3) is 0.300. The molecule has 0 bridgehead atoms. The highest BCUT2D eigenvalue weighted by Gasteiger charge is 2.17. The molecule has 0 aliphatic carbocycles. The number of carbonyl (C=O) groups excluding carboxylic acids is 1. The molecule has 0 saturated heterocycles. The van der Waals surface area contributed by atoms with Crippen molar-refractivity contribution in [3.63, 3.8) is 0 Å². The van der Waals surface area contributed by atoms with E-state index in [0.717, 1.165) is 0 Å². The highest BCUT2D eigenvalue weighted by atomic mass is 35.5. The molecule has 7 nitrogen and oxygen atoms in total. The number of thioether (sulfide) groups is 1. The van der Waals surface area contributed by atoms with Gasteiger partial charge in [0.1, 0.15) is 5.82 Å². The first-order chi connectivity index (χ1) is 9.06. The Morgan fingerprint density at radius 3 is 2.89 bits per heavy atom. The number of nitrogens with one attached hydrogen (secondary N) is 1. The number of tetrazole rings is 1. The van der Waals surface area contributed by atoms with Gasteiger partial charge >= 0.3 is 0 Å². The van der Waals surface area contributed by atoms with Crippen LogP contribution in [-0.4, -0.2) is 36.3 Å². The number of aromatic nitrogens is 5. The lowest BCUT2D eigenvalue weighted by atomic mass is 10.4. The van der Waals surface area contributed by atoms with Gasteiger partial charge in [0.25, 0.3) is 0 Å². The Balaban J connectivity index is 1.96. The summed E-state index contributed by atoms with van der Waals surface area (Å²) < 4.78 is 1.51. The molecule has 1 amide bonds. The van der Waals surface area contributed by atoms with E-state index in [0.29, 0.717) is 16.0 Å². The third-order valence-corrected chi connectivity index (χ3v) is 3.56. The SMILES string of the molecule is C[C@H](Sc1nnnn1C)C(=O)Nc1ccc(Cl)cn1. The minimum Gasteiger partial charge on any atom is -0.310 e. The normalized spacial score (nSPS) is 12.2. The number of carbonyl (C=O) groups is 1. The molecule has 9 heteroatoms. The van der Waals surface area contributed by atoms with E-state index in [-0.39, 0.29) is 11.2 Å². The van der Waals surface area contributed by atoms with Crippen molar-refractivity contribution in [1.82, 2.24) is 25.2 Å². The van der Waals surface area contributed by atoms with Gasteiger partial charge in [0, 0.05) is 13.2 Å². The predicted molar refractivity (Wildman–Crippen MR) is 72.0 cm³/mol. The number of halogens is 1. The topological polar surface area (TPSA) is 85.6 Å². The molecule has 2 heterocycles. The summed E-state index contributed by atoms with van der Waals surface area (Å²) in [5.74, 6) is 0.278. The maximum absolute atomic E-state index is 12.0. The van der Waals surface area contributed by atoms with Crippen LogP contribution in [0.4, 0.5) is 5.82 Å². The lowest BCUT2D eigenvalue weighted by molar-refractivity contribution is -0.115. The van der Waals surface area contributed by atoms with Crippen molar-refractivity contribution in [1.29, 1.82) is 0 Å². The van der Waals surface area contributed by atoms with Crippen LogP contribution in [0.25, 0.3) is 0 Å². The van der Waals surface area contributed by atoms with E-state index in [1.54, 1.807) is 26.1 Å². The number of rotatable bonds is 4. The molecule has 0 aliphatic heterocycles. The molecule has 0 aliphatic rings. The number of hydrogen-bond donors (Lipinski definition) is 1. The minimum absolute atomic E-state index is 0.178. The molecule has 0 radical (unpaired) electrons. The van der Waals surface area contributed by atoms with Crippen LogP contribution in [0.3, 0.4) is 0 Å². The average molecular weight is 299 g/mol. The van der Waals surface area contributed by atoms with Gasteiger partial charge in [0.2, 0.25) is 11.1 Å². The van der Waals surface area contributed by atoms with E-state index in [1.807, 2.05) is 0 Å². The third-order valence-electron chi connectivity index (χ3n) is 2.21. The average Bonchev–Trinajstić information content (AvgIpc) is 2.78. The molecule has 0 aromatic carbocycles. The van der Waals surface area contributed by atoms with E-state index in [4.69, 9.17) is 11.6 Å². The van der Waals surface area contributed by atoms with Crippen molar-refractivity contribution in [3.05, 3.63) is 23.4 Å². The maximum Gasteiger partial charge on any atom is 0.238 e. The Bertz CT molecular complexity index is 572. The fourth-order valence-corrected chi connectivity index (χ4v) is 2.08. The van der Waals surface area contributed by atoms with Crippen molar-refractivity contribution in [2.24, 2.45) is 7.05 Å². The molecule has 0 fully saturated rings. The zero-order valence-corrected chi connectivity index (χ0v) is 11.8. The molecular formula is C10H11ClN6OS. The number of aryl methyl sites for hydroxylation is 1. The molecule has 0 unspecified atom stereocenters. The Morgan fingerprint density at radius 2 is 2.32 bits per heavy atom. The molecule has 100 valence electrons. The van der Waals surface area contributed by atoms with Gasteiger partial charge in [0.05, 0.1) is 10.3 Å². The van der Waals surface area contributed by atoms with Gasteiger partial charge < -0.3 is 5.32 Å². The van der Waals surface area contributed by atoms with Crippen LogP contribution >= 0.6 is 23.4 Å². The molecule has 0 saturated carbocycles. The zero-order chi connectivity index (χ0) is 13.8. The molecule has 2 rings (SSSR count). The first-order valence-electron chi connectivity index (χ1n) is 5.37. The van der Waals surface area contributed by atoms with E-state index < -0.39 is 0 Å². The van der Waals surface area contributed by atoms with Gasteiger partial charge in [-0.2, -0.15) is 0 Å². The lowest BCUT2D eigenvalue weighted by Crippen LogP contribution is -2.23. The molecule has 1 N–H and O–H groups in total. The second-order valence-electron chi connectivity index (χ2n) is 3.70. The van der Waals surface area contributed by atoms with Gasteiger partial charge in [0.15, 0.2) is 0 Å². The Hall–Kier alpha value is -1.67. The first-order valence-corrected chi connectivity index (χ1v) is 6.63. The van der Waals surface area contributed by atoms with E-state index >= 15 is 0 Å². The predicted octanol–water partition coefficient (Wildman–Crippen LogP) is 1.38. The summed E-state index contributed by atoms with van der Waals surface area (Å²) in [6, 6.07) is 3.30. The van der Waals surface area contributed by atoms with Gasteiger partial charge in [-0.15, -0.1) is 5.10 Å². The first kappa shape index (κ1) is 13.8. The summed E-state index contributed by atoms with van der Waals surface area (Å²) in [6.07, 6.45) is 1.47. The minimum atomic E-state index is -0.345. The monoisotopic (exact) mass is 298 g/mol. The summed E-state index contributed by atoms with van der Waals surface area (Å²) in [7, 11) is 1.72. The zero-order valence-electron chi connectivity index (χ0n) is 10.2. The second kappa shape index (κ2) is 5.98. The van der Waals surface area contributed by atoms with Crippen molar-refractivity contribution in [2.45, 2.75) is 17.3 Å². The molecule has 0 spiro atoms. The van der Waals surface area contributed by atoms with Crippen molar-refractivity contribution < 1.29 is 4.79 Å². The molecular weight excluding hydrogens is 288 g/mol. The molecule has 19 heavy (non-hydrogen) atoms. The van der Waals surface area contributed by atoms with Crippen molar-refractivity contribution in [2.75, 3.05) is 5.32 Å². The summed E-state index contributed by atoms with van der Waals surface area (Å²) >= 11 is 6.99. The van der Waals surface area contributed by atoms with Crippen molar-refractivity contribution >= 4 is 35.1 Å². The fourth-order valence-electron chi connectivity index (χ4n) is 1.21. The van der Waals surface area contributed by atoms with Crippen LogP contribution in [0, 0.1) is 0 Å². The Kier molecular flexibility index (Phi) is 4.33. The summed E-state index contributed by atoms with van der Waals surface area (Å²) in [5, 5.41) is 14.5. The highest BCUT2D eigenvalue weighted by Crippen LogP contribution is 2.20. The highest BCUT2D eigenvalue weighted by molar-refractivity contribution is 8.00. The quantitative estimate of drug-likeness (QED) is 0.858. The standard InChI is InChI=1S/C10H11ClN6OS/c1-6(19-10-14-15-16-17(10)2)9(18)13-8-4-3-7(11)5-12-8/h3-6H,1-2H3,(H,12,13,18)/t6-/m0/s1. The van der Waals surface area contributed by atoms with E-state index in [2.05, 4.69) is 25.8 Å². The van der Waals surface area contributed by atoms with Crippen LogP contribution in [-0.2, 0) is 11.8 Å².